The zero-order chi connectivity index (χ0) is 16.4. The molecule has 0 fully saturated rings. The molecule has 0 bridgehead atoms. The Kier molecular flexibility index (Phi) is 4.45. The number of nitrogens with zero attached hydrogens (tertiary/aromatic N) is 3. The molecule has 0 unspecified atom stereocenters. The highest BCUT2D eigenvalue weighted by Crippen LogP contribution is 2.19. The molecule has 1 aromatic carbocycles. The summed E-state index contributed by atoms with van der Waals surface area (Å²) in [6.45, 7) is 1.57. The molecule has 5 nitrogen and oxygen atoms in total. The minimum Gasteiger partial charge on any atom is -0.379 e. The highest BCUT2D eigenvalue weighted by Gasteiger charge is 2.05. The van der Waals surface area contributed by atoms with Crippen LogP contribution in [0.3, 0.4) is 0 Å². The maximum absolute atomic E-state index is 12.2. The van der Waals surface area contributed by atoms with Crippen molar-refractivity contribution >= 4 is 27.8 Å². The third kappa shape index (κ3) is 3.60. The molecule has 0 saturated carbocycles. The van der Waals surface area contributed by atoms with Crippen LogP contribution in [-0.2, 0) is 20.1 Å². The SMILES string of the molecule is CN(C)Cc1cnc(CNc2ccc3ccn(C)c(=O)c3c2)s1. The lowest BCUT2D eigenvalue weighted by Gasteiger charge is -2.07. The predicted octanol–water partition coefficient (Wildman–Crippen LogP) is 2.67. The van der Waals surface area contributed by atoms with Crippen LogP contribution in [0.15, 0.2) is 41.5 Å². The minimum absolute atomic E-state index is 0.0219. The van der Waals surface area contributed by atoms with Gasteiger partial charge in [-0.1, -0.05) is 6.07 Å². The molecule has 0 aliphatic rings. The highest BCUT2D eigenvalue weighted by atomic mass is 32.1. The first-order valence-electron chi connectivity index (χ1n) is 7.44. The number of anilines is 1. The highest BCUT2D eigenvalue weighted by molar-refractivity contribution is 7.11. The topological polar surface area (TPSA) is 50.2 Å². The Balaban J connectivity index is 1.75. The van der Waals surface area contributed by atoms with Crippen molar-refractivity contribution in [2.24, 2.45) is 7.05 Å². The quantitative estimate of drug-likeness (QED) is 0.782. The first kappa shape index (κ1) is 15.7. The Morgan fingerprint density at radius 2 is 2.13 bits per heavy atom. The fourth-order valence-electron chi connectivity index (χ4n) is 2.44. The summed E-state index contributed by atoms with van der Waals surface area (Å²) in [4.78, 5) is 20.0. The number of fused-ring (bicyclic) bond motifs is 1. The van der Waals surface area contributed by atoms with Gasteiger partial charge in [-0.05, 0) is 37.7 Å². The molecule has 6 heteroatoms. The summed E-state index contributed by atoms with van der Waals surface area (Å²) in [6.07, 6.45) is 3.72. The molecule has 0 radical (unpaired) electrons. The molecule has 0 aliphatic carbocycles. The third-order valence-corrected chi connectivity index (χ3v) is 4.58. The Morgan fingerprint density at radius 1 is 1.30 bits per heavy atom. The van der Waals surface area contributed by atoms with Crippen LogP contribution in [0.25, 0.3) is 10.8 Å². The first-order chi connectivity index (χ1) is 11.0. The van der Waals surface area contributed by atoms with Crippen molar-refractivity contribution in [1.29, 1.82) is 0 Å². The van der Waals surface area contributed by atoms with Crippen molar-refractivity contribution in [2.75, 3.05) is 19.4 Å². The van der Waals surface area contributed by atoms with E-state index >= 15 is 0 Å². The monoisotopic (exact) mass is 328 g/mol. The van der Waals surface area contributed by atoms with Gasteiger partial charge in [-0.25, -0.2) is 4.98 Å². The van der Waals surface area contributed by atoms with Crippen LogP contribution in [0.4, 0.5) is 5.69 Å². The number of aryl methyl sites for hydroxylation is 1. The van der Waals surface area contributed by atoms with Crippen LogP contribution in [-0.4, -0.2) is 28.5 Å². The lowest BCUT2D eigenvalue weighted by Crippen LogP contribution is -2.15. The van der Waals surface area contributed by atoms with Crippen LogP contribution in [0.1, 0.15) is 9.88 Å². The van der Waals surface area contributed by atoms with E-state index in [1.54, 1.807) is 29.1 Å². The van der Waals surface area contributed by atoms with E-state index in [4.69, 9.17) is 0 Å². The number of rotatable bonds is 5. The van der Waals surface area contributed by atoms with Crippen LogP contribution in [0, 0.1) is 0 Å². The number of pyridine rings is 1. The van der Waals surface area contributed by atoms with Gasteiger partial charge >= 0.3 is 0 Å². The molecule has 3 aromatic rings. The van der Waals surface area contributed by atoms with Gasteiger partial charge in [0.25, 0.3) is 5.56 Å². The summed E-state index contributed by atoms with van der Waals surface area (Å²) in [5.41, 5.74) is 0.957. The van der Waals surface area contributed by atoms with E-state index in [9.17, 15) is 4.79 Å². The van der Waals surface area contributed by atoms with Gasteiger partial charge in [0.05, 0.1) is 6.54 Å². The van der Waals surface area contributed by atoms with Gasteiger partial charge in [0, 0.05) is 41.9 Å². The first-order valence-corrected chi connectivity index (χ1v) is 8.26. The molecule has 0 amide bonds. The number of benzene rings is 1. The van der Waals surface area contributed by atoms with E-state index < -0.39 is 0 Å². The van der Waals surface area contributed by atoms with Crippen molar-refractivity contribution in [1.82, 2.24) is 14.5 Å². The lowest BCUT2D eigenvalue weighted by atomic mass is 10.1. The van der Waals surface area contributed by atoms with E-state index in [-0.39, 0.29) is 5.56 Å². The predicted molar refractivity (Wildman–Crippen MR) is 96.0 cm³/mol. The zero-order valence-electron chi connectivity index (χ0n) is 13.5. The van der Waals surface area contributed by atoms with E-state index in [0.717, 1.165) is 28.0 Å². The van der Waals surface area contributed by atoms with Crippen molar-refractivity contribution < 1.29 is 0 Å². The molecule has 0 saturated heterocycles. The van der Waals surface area contributed by atoms with Gasteiger partial charge in [0.15, 0.2) is 0 Å². The number of hydrogen-bond donors (Lipinski definition) is 1. The second kappa shape index (κ2) is 6.52. The molecule has 3 rings (SSSR count). The molecular formula is C17H20N4OS. The smallest absolute Gasteiger partial charge is 0.258 e. The van der Waals surface area contributed by atoms with Crippen LogP contribution in [0.2, 0.25) is 0 Å². The molecule has 0 aliphatic heterocycles. The van der Waals surface area contributed by atoms with Crippen LogP contribution >= 0.6 is 11.3 Å². The largest absolute Gasteiger partial charge is 0.379 e. The second-order valence-electron chi connectivity index (χ2n) is 5.85. The van der Waals surface area contributed by atoms with E-state index in [2.05, 4.69) is 15.2 Å². The normalized spacial score (nSPS) is 11.3. The maximum Gasteiger partial charge on any atom is 0.258 e. The van der Waals surface area contributed by atoms with E-state index in [0.29, 0.717) is 6.54 Å². The lowest BCUT2D eigenvalue weighted by molar-refractivity contribution is 0.406. The molecule has 23 heavy (non-hydrogen) atoms. The zero-order valence-corrected chi connectivity index (χ0v) is 14.4. The van der Waals surface area contributed by atoms with Gasteiger partial charge in [0.1, 0.15) is 5.01 Å². The number of thiazole rings is 1. The Labute approximate surface area is 139 Å². The number of aromatic nitrogens is 2. The van der Waals surface area contributed by atoms with Gasteiger partial charge < -0.3 is 14.8 Å². The summed E-state index contributed by atoms with van der Waals surface area (Å²) in [7, 11) is 5.87. The van der Waals surface area contributed by atoms with Gasteiger partial charge in [-0.3, -0.25) is 4.79 Å². The molecule has 0 spiro atoms. The van der Waals surface area contributed by atoms with Crippen molar-refractivity contribution in [3.05, 3.63) is 56.9 Å². The Bertz CT molecular complexity index is 882. The summed E-state index contributed by atoms with van der Waals surface area (Å²) >= 11 is 1.71. The molecular weight excluding hydrogens is 308 g/mol. The van der Waals surface area contributed by atoms with Crippen LogP contribution < -0.4 is 10.9 Å². The summed E-state index contributed by atoms with van der Waals surface area (Å²) in [5, 5.41) is 6.09. The Morgan fingerprint density at radius 3 is 2.91 bits per heavy atom. The number of nitrogens with one attached hydrogen (secondary N) is 1. The van der Waals surface area contributed by atoms with E-state index in [1.807, 2.05) is 44.6 Å². The average molecular weight is 328 g/mol. The standard InChI is InChI=1S/C17H20N4OS/c1-20(2)11-14-9-19-16(23-14)10-18-13-5-4-12-6-7-21(3)17(22)15(12)8-13/h4-9,18H,10-11H2,1-3H3. The van der Waals surface area contributed by atoms with Gasteiger partial charge in [-0.2, -0.15) is 0 Å². The summed E-state index contributed by atoms with van der Waals surface area (Å²) in [5.74, 6) is 0. The van der Waals surface area contributed by atoms with Crippen molar-refractivity contribution in [3.8, 4) is 0 Å². The second-order valence-corrected chi connectivity index (χ2v) is 7.05. The summed E-state index contributed by atoms with van der Waals surface area (Å²) < 4.78 is 1.60. The minimum atomic E-state index is 0.0219. The van der Waals surface area contributed by atoms with Gasteiger partial charge in [0.2, 0.25) is 0 Å². The van der Waals surface area contributed by atoms with Gasteiger partial charge in [-0.15, -0.1) is 11.3 Å². The van der Waals surface area contributed by atoms with Crippen LogP contribution in [0.5, 0.6) is 0 Å². The third-order valence-electron chi connectivity index (χ3n) is 3.60. The van der Waals surface area contributed by atoms with Crippen molar-refractivity contribution in [2.45, 2.75) is 13.1 Å². The van der Waals surface area contributed by atoms with Crippen molar-refractivity contribution in [3.63, 3.8) is 0 Å². The maximum atomic E-state index is 12.2. The fourth-order valence-corrected chi connectivity index (χ4v) is 3.42. The molecule has 2 heterocycles. The molecule has 2 aromatic heterocycles. The molecule has 120 valence electrons. The Hall–Kier alpha value is -2.18. The number of hydrogen-bond acceptors (Lipinski definition) is 5. The molecule has 0 atom stereocenters. The molecule has 1 N–H and O–H groups in total. The summed E-state index contributed by atoms with van der Waals surface area (Å²) in [6, 6.07) is 7.83. The average Bonchev–Trinajstić information content (AvgIpc) is 2.96. The fraction of sp³-hybridized carbons (Fsp3) is 0.294. The van der Waals surface area contributed by atoms with E-state index in [1.165, 1.54) is 4.88 Å².